The van der Waals surface area contributed by atoms with Crippen LogP contribution in [0.15, 0.2) is 150 Å². The molecule has 0 bridgehead atoms. The molecule has 0 unspecified atom stereocenters. The number of ether oxygens (including phenoxy) is 1. The third-order valence-corrected chi connectivity index (χ3v) is 7.04. The Morgan fingerprint density at radius 2 is 1.32 bits per heavy atom. The summed E-state index contributed by atoms with van der Waals surface area (Å²) in [5, 5.41) is 5.13. The molecule has 216 valence electrons. The van der Waals surface area contributed by atoms with Gasteiger partial charge in [-0.3, -0.25) is 0 Å². The van der Waals surface area contributed by atoms with E-state index in [0.29, 0.717) is 5.84 Å². The maximum Gasteiger partial charge on any atom is 0.331 e. The third kappa shape index (κ3) is 6.74. The van der Waals surface area contributed by atoms with Gasteiger partial charge >= 0.3 is 5.97 Å². The number of carbonyl (C=O) groups excluding carboxylic acids is 1. The first kappa shape index (κ1) is 28.6. The second-order valence-corrected chi connectivity index (χ2v) is 11.5. The van der Waals surface area contributed by atoms with Gasteiger partial charge in [0, 0.05) is 34.5 Å². The minimum atomic E-state index is -0.533. The Morgan fingerprint density at radius 3 is 1.93 bits per heavy atom. The molecule has 0 spiro atoms. The molecule has 1 aliphatic rings. The fraction of sp³-hybridized carbons (Fsp3) is 0.103. The lowest BCUT2D eigenvalue weighted by molar-refractivity contribution is -0.148. The van der Waals surface area contributed by atoms with Gasteiger partial charge in [0.15, 0.2) is 5.84 Å². The minimum absolute atomic E-state index is 0.369. The van der Waals surface area contributed by atoms with Crippen LogP contribution in [0.1, 0.15) is 37.5 Å². The summed E-state index contributed by atoms with van der Waals surface area (Å²) in [5.74, 6) is 0.250. The van der Waals surface area contributed by atoms with Crippen molar-refractivity contribution in [2.75, 3.05) is 0 Å². The highest BCUT2D eigenvalue weighted by Gasteiger charge is 2.21. The molecule has 0 radical (unpaired) electrons. The van der Waals surface area contributed by atoms with Gasteiger partial charge in [-0.2, -0.15) is 0 Å². The van der Waals surface area contributed by atoms with Crippen LogP contribution in [-0.2, 0) is 9.53 Å². The van der Waals surface area contributed by atoms with Crippen molar-refractivity contribution in [1.29, 1.82) is 0 Å². The molecule has 0 aliphatic carbocycles. The number of rotatable bonds is 7. The summed E-state index contributed by atoms with van der Waals surface area (Å²) in [6, 6.07) is 40.9. The van der Waals surface area contributed by atoms with E-state index in [1.165, 1.54) is 6.08 Å². The van der Waals surface area contributed by atoms with Crippen LogP contribution in [0.3, 0.4) is 0 Å². The molecule has 5 nitrogen and oxygen atoms in total. The lowest BCUT2D eigenvalue weighted by Gasteiger charge is -2.17. The highest BCUT2D eigenvalue weighted by atomic mass is 16.6. The monoisotopic (exact) mass is 575 g/mol. The largest absolute Gasteiger partial charge is 0.457 e. The van der Waals surface area contributed by atoms with Crippen molar-refractivity contribution in [3.8, 4) is 22.4 Å². The fourth-order valence-corrected chi connectivity index (χ4v) is 4.98. The van der Waals surface area contributed by atoms with Crippen LogP contribution in [0.4, 0.5) is 0 Å². The molecule has 5 heteroatoms. The predicted molar refractivity (Wildman–Crippen MR) is 180 cm³/mol. The van der Waals surface area contributed by atoms with Crippen molar-refractivity contribution in [3.63, 3.8) is 0 Å². The van der Waals surface area contributed by atoms with Crippen LogP contribution >= 0.6 is 0 Å². The molecule has 0 atom stereocenters. The predicted octanol–water partition coefficient (Wildman–Crippen LogP) is 8.93. The molecule has 0 saturated carbocycles. The van der Waals surface area contributed by atoms with Crippen molar-refractivity contribution in [1.82, 2.24) is 4.68 Å². The second kappa shape index (κ2) is 12.4. The van der Waals surface area contributed by atoms with Gasteiger partial charge in [0.1, 0.15) is 5.60 Å². The zero-order valence-electron chi connectivity index (χ0n) is 25.0. The summed E-state index contributed by atoms with van der Waals surface area (Å²) in [7, 11) is 0. The summed E-state index contributed by atoms with van der Waals surface area (Å²) >= 11 is 0. The summed E-state index contributed by atoms with van der Waals surface area (Å²) < 4.78 is 7.32. The van der Waals surface area contributed by atoms with Crippen LogP contribution < -0.4 is 0 Å². The molecule has 2 heterocycles. The molecular formula is C39H33N3O2. The van der Waals surface area contributed by atoms with Gasteiger partial charge in [-0.15, -0.1) is 5.10 Å². The third-order valence-electron chi connectivity index (χ3n) is 7.04. The lowest BCUT2D eigenvalue weighted by Crippen LogP contribution is -2.22. The van der Waals surface area contributed by atoms with Crippen LogP contribution in [0.25, 0.3) is 34.0 Å². The zero-order valence-corrected chi connectivity index (χ0v) is 25.0. The van der Waals surface area contributed by atoms with Crippen molar-refractivity contribution >= 4 is 29.2 Å². The Hall–Kier alpha value is -5.55. The zero-order chi connectivity index (χ0) is 30.5. The average molecular weight is 576 g/mol. The van der Waals surface area contributed by atoms with Crippen LogP contribution in [0.5, 0.6) is 0 Å². The Balaban J connectivity index is 1.40. The van der Waals surface area contributed by atoms with E-state index in [1.54, 1.807) is 6.08 Å². The summed E-state index contributed by atoms with van der Waals surface area (Å²) in [4.78, 5) is 17.2. The molecule has 0 fully saturated rings. The average Bonchev–Trinajstić information content (AvgIpc) is 3.66. The first-order chi connectivity index (χ1) is 21.3. The number of benzene rings is 4. The Labute approximate surface area is 258 Å². The number of esters is 1. The van der Waals surface area contributed by atoms with Gasteiger partial charge < -0.3 is 4.74 Å². The smallest absolute Gasteiger partial charge is 0.331 e. The highest BCUT2D eigenvalue weighted by Crippen LogP contribution is 2.31. The fourth-order valence-electron chi connectivity index (χ4n) is 4.98. The van der Waals surface area contributed by atoms with Crippen LogP contribution in [-0.4, -0.2) is 27.8 Å². The van der Waals surface area contributed by atoms with E-state index in [-0.39, 0.29) is 5.97 Å². The Morgan fingerprint density at radius 1 is 0.727 bits per heavy atom. The quantitative estimate of drug-likeness (QED) is 0.144. The molecule has 0 saturated heterocycles. The number of hydrogen-bond donors (Lipinski definition) is 0. The van der Waals surface area contributed by atoms with Crippen molar-refractivity contribution in [2.24, 2.45) is 10.1 Å². The summed E-state index contributed by atoms with van der Waals surface area (Å²) in [6.45, 7) is 5.56. The highest BCUT2D eigenvalue weighted by molar-refractivity contribution is 6.37. The number of allylic oxidation sites excluding steroid dienone is 1. The first-order valence-electron chi connectivity index (χ1n) is 14.6. The number of amidine groups is 1. The number of aliphatic imine (C=N–C) groups is 1. The van der Waals surface area contributed by atoms with Gasteiger partial charge in [0.05, 0.1) is 11.4 Å². The molecular weight excluding hydrogens is 542 g/mol. The topological polar surface area (TPSA) is 55.9 Å². The molecule has 1 aliphatic heterocycles. The molecule has 44 heavy (non-hydrogen) atoms. The van der Waals surface area contributed by atoms with Crippen molar-refractivity contribution < 1.29 is 9.53 Å². The van der Waals surface area contributed by atoms with E-state index in [9.17, 15) is 4.79 Å². The normalized spacial score (nSPS) is 14.1. The Kier molecular flexibility index (Phi) is 8.02. The van der Waals surface area contributed by atoms with E-state index in [2.05, 4.69) is 54.7 Å². The maximum atomic E-state index is 12.2. The Bertz CT molecular complexity index is 1890. The van der Waals surface area contributed by atoms with Crippen LogP contribution in [0, 0.1) is 0 Å². The first-order valence-corrected chi connectivity index (χ1v) is 14.6. The standard InChI is InChI=1S/C39H33N3O2/c1-39(2,3)44-37(43)24-21-28-19-22-30(23-20-28)34-26-35(31-15-9-5-10-16-31)40-38(34)41-42-27-33(29-13-7-4-8-14-29)25-36(42)32-17-11-6-12-18-32/h4-27H,1-3H3/b24-21+,41-38-. The number of hydrogen-bond acceptors (Lipinski definition) is 3. The summed E-state index contributed by atoms with van der Waals surface area (Å²) in [5.41, 5.74) is 8.36. The molecule has 6 rings (SSSR count). The molecule has 1 aromatic heterocycles. The maximum absolute atomic E-state index is 12.2. The van der Waals surface area contributed by atoms with E-state index in [0.717, 1.165) is 50.4 Å². The number of aromatic nitrogens is 1. The van der Waals surface area contributed by atoms with E-state index >= 15 is 0 Å². The van der Waals surface area contributed by atoms with Crippen molar-refractivity contribution in [3.05, 3.63) is 156 Å². The van der Waals surface area contributed by atoms with Crippen molar-refractivity contribution in [2.45, 2.75) is 26.4 Å². The van der Waals surface area contributed by atoms with E-state index in [1.807, 2.05) is 104 Å². The van der Waals surface area contributed by atoms with E-state index in [4.69, 9.17) is 14.8 Å². The van der Waals surface area contributed by atoms with E-state index < -0.39 is 5.60 Å². The lowest BCUT2D eigenvalue weighted by atomic mass is 10.0. The molecule has 0 N–H and O–H groups in total. The number of carbonyl (C=O) groups is 1. The van der Waals surface area contributed by atoms with Gasteiger partial charge in [0.2, 0.25) is 0 Å². The molecule has 5 aromatic rings. The SMILES string of the molecule is CC(C)(C)OC(=O)/C=C/c1ccc(C2=CC(c3ccccc3)=N/C2=N\n2cc(-c3ccccc3)cc2-c2ccccc2)cc1. The van der Waals surface area contributed by atoms with Gasteiger partial charge in [0.25, 0.3) is 0 Å². The second-order valence-electron chi connectivity index (χ2n) is 11.5. The molecule has 4 aromatic carbocycles. The minimum Gasteiger partial charge on any atom is -0.457 e. The summed E-state index contributed by atoms with van der Waals surface area (Å²) in [6.07, 6.45) is 7.37. The number of nitrogens with zero attached hydrogens (tertiary/aromatic N) is 3. The molecule has 0 amide bonds. The van der Waals surface area contributed by atoms with Crippen LogP contribution in [0.2, 0.25) is 0 Å². The van der Waals surface area contributed by atoms with Gasteiger partial charge in [-0.25, -0.2) is 14.5 Å². The van der Waals surface area contributed by atoms with Gasteiger partial charge in [-0.1, -0.05) is 115 Å². The van der Waals surface area contributed by atoms with Gasteiger partial charge in [-0.05, 0) is 55.7 Å².